The molecule has 1 heterocycles. The van der Waals surface area contributed by atoms with Crippen LogP contribution in [0.15, 0.2) is 17.1 Å². The van der Waals surface area contributed by atoms with Gasteiger partial charge in [0.05, 0.1) is 13.0 Å². The summed E-state index contributed by atoms with van der Waals surface area (Å²) in [4.78, 5) is 80.0. The Labute approximate surface area is 220 Å². The molecule has 212 valence electrons. The number of rotatable bonds is 7. The molecule has 0 aliphatic carbocycles. The molecule has 0 bridgehead atoms. The first-order valence-electron chi connectivity index (χ1n) is 12.2. The molecule has 0 aromatic carbocycles. The zero-order chi connectivity index (χ0) is 28.8. The Kier molecular flexibility index (Phi) is 13.3. The molecule has 0 saturated heterocycles. The standard InChI is InChI=1S/C23H38N8O7/c1-13(2)19-22(38)31(3)15(7-6-10-27-23(24)25)21(37)28-12-17(33)29-14(11-18(34)35)20(36)26-9-5-4-8-16(32)30-19/h4-5,13-15,19H,6-12H2,1-3H3,(H,26,36)(H,28,37)(H,29,33)(H,30,32)(H,34,35)(H4,24,25,27)/b5-4-/t14-,15-,19-/m1/s1. The smallest absolute Gasteiger partial charge is 0.305 e. The van der Waals surface area contributed by atoms with Crippen molar-refractivity contribution in [3.63, 3.8) is 0 Å². The Morgan fingerprint density at radius 2 is 1.76 bits per heavy atom. The van der Waals surface area contributed by atoms with Crippen LogP contribution in [0.2, 0.25) is 0 Å². The van der Waals surface area contributed by atoms with Gasteiger partial charge in [-0.3, -0.25) is 33.8 Å². The third-order valence-corrected chi connectivity index (χ3v) is 5.61. The maximum Gasteiger partial charge on any atom is 0.305 e. The van der Waals surface area contributed by atoms with Crippen LogP contribution in [0.3, 0.4) is 0 Å². The Morgan fingerprint density at radius 1 is 1.08 bits per heavy atom. The van der Waals surface area contributed by atoms with Gasteiger partial charge >= 0.3 is 5.97 Å². The predicted octanol–water partition coefficient (Wildman–Crippen LogP) is -2.84. The highest BCUT2D eigenvalue weighted by molar-refractivity contribution is 5.95. The quantitative estimate of drug-likeness (QED) is 0.0763. The number of nitrogens with zero attached hydrogens (tertiary/aromatic N) is 2. The van der Waals surface area contributed by atoms with Gasteiger partial charge in [0.2, 0.25) is 29.5 Å². The lowest BCUT2D eigenvalue weighted by molar-refractivity contribution is -0.143. The van der Waals surface area contributed by atoms with E-state index in [1.807, 2.05) is 0 Å². The fraction of sp³-hybridized carbons (Fsp3) is 0.609. The zero-order valence-electron chi connectivity index (χ0n) is 21.9. The van der Waals surface area contributed by atoms with Crippen molar-refractivity contribution in [3.05, 3.63) is 12.2 Å². The maximum absolute atomic E-state index is 13.3. The summed E-state index contributed by atoms with van der Waals surface area (Å²) in [5.74, 6) is -4.90. The summed E-state index contributed by atoms with van der Waals surface area (Å²) in [6.45, 7) is 3.10. The molecule has 9 N–H and O–H groups in total. The molecule has 0 fully saturated rings. The van der Waals surface area contributed by atoms with E-state index in [9.17, 15) is 28.8 Å². The number of carboxylic acids is 1. The summed E-state index contributed by atoms with van der Waals surface area (Å²) in [6.07, 6.45) is 2.66. The molecule has 1 aliphatic rings. The Bertz CT molecular complexity index is 946. The van der Waals surface area contributed by atoms with Crippen LogP contribution < -0.4 is 32.7 Å². The topological polar surface area (TPSA) is 238 Å². The Balaban J connectivity index is 3.25. The van der Waals surface area contributed by atoms with Gasteiger partial charge in [-0.2, -0.15) is 0 Å². The summed E-state index contributed by atoms with van der Waals surface area (Å²) in [5, 5.41) is 19.0. The van der Waals surface area contributed by atoms with Crippen LogP contribution in [0.4, 0.5) is 0 Å². The van der Waals surface area contributed by atoms with Gasteiger partial charge in [0.15, 0.2) is 5.96 Å². The van der Waals surface area contributed by atoms with E-state index < -0.39 is 66.6 Å². The van der Waals surface area contributed by atoms with Gasteiger partial charge in [-0.25, -0.2) is 0 Å². The number of amides is 5. The van der Waals surface area contributed by atoms with Crippen LogP contribution in [0.25, 0.3) is 0 Å². The molecular weight excluding hydrogens is 500 g/mol. The number of nitrogens with one attached hydrogen (secondary N) is 4. The van der Waals surface area contributed by atoms with Gasteiger partial charge in [-0.1, -0.05) is 26.0 Å². The van der Waals surface area contributed by atoms with E-state index in [-0.39, 0.29) is 37.8 Å². The highest BCUT2D eigenvalue weighted by atomic mass is 16.4. The summed E-state index contributed by atoms with van der Waals surface area (Å²) in [7, 11) is 1.42. The van der Waals surface area contributed by atoms with Crippen molar-refractivity contribution in [2.45, 2.75) is 57.7 Å². The second-order valence-corrected chi connectivity index (χ2v) is 9.06. The monoisotopic (exact) mass is 538 g/mol. The first-order chi connectivity index (χ1) is 17.8. The minimum atomic E-state index is -1.39. The number of hydrogen-bond acceptors (Lipinski definition) is 7. The lowest BCUT2D eigenvalue weighted by Crippen LogP contribution is -2.57. The normalized spacial score (nSPS) is 23.3. The summed E-state index contributed by atoms with van der Waals surface area (Å²) in [5.41, 5.74) is 10.7. The largest absolute Gasteiger partial charge is 0.481 e. The van der Waals surface area contributed by atoms with Crippen LogP contribution in [0.1, 0.15) is 39.5 Å². The van der Waals surface area contributed by atoms with Crippen LogP contribution >= 0.6 is 0 Å². The highest BCUT2D eigenvalue weighted by Crippen LogP contribution is 2.13. The SMILES string of the molecule is CC(C)[C@H]1NC(=O)C/C=C\CNC(=O)[C@@H](CC(=O)O)NC(=O)CNC(=O)[C@@H](CCCN=C(N)N)N(C)C1=O. The van der Waals surface area contributed by atoms with Crippen molar-refractivity contribution in [3.8, 4) is 0 Å². The molecular formula is C23H38N8O7. The average molecular weight is 539 g/mol. The van der Waals surface area contributed by atoms with Gasteiger partial charge < -0.3 is 42.7 Å². The first-order valence-corrected chi connectivity index (χ1v) is 12.2. The molecule has 0 aromatic heterocycles. The number of carbonyl (C=O) groups excluding carboxylic acids is 5. The molecule has 0 spiro atoms. The van der Waals surface area contributed by atoms with E-state index >= 15 is 0 Å². The molecule has 1 rings (SSSR count). The van der Waals surface area contributed by atoms with Crippen molar-refractivity contribution in [1.82, 2.24) is 26.2 Å². The van der Waals surface area contributed by atoms with Crippen molar-refractivity contribution < 1.29 is 33.9 Å². The third kappa shape index (κ3) is 11.3. The van der Waals surface area contributed by atoms with Gasteiger partial charge in [0.25, 0.3) is 0 Å². The second kappa shape index (κ2) is 15.8. The van der Waals surface area contributed by atoms with Crippen molar-refractivity contribution >= 4 is 41.5 Å². The number of hydrogen-bond donors (Lipinski definition) is 7. The Hall–Kier alpha value is -4.17. The molecule has 15 heteroatoms. The highest BCUT2D eigenvalue weighted by Gasteiger charge is 2.33. The number of carbonyl (C=O) groups is 6. The van der Waals surface area contributed by atoms with Gasteiger partial charge in [0.1, 0.15) is 18.1 Å². The number of guanidine groups is 1. The minimum Gasteiger partial charge on any atom is -0.481 e. The maximum atomic E-state index is 13.3. The van der Waals surface area contributed by atoms with E-state index in [2.05, 4.69) is 26.3 Å². The molecule has 1 aliphatic heterocycles. The van der Waals surface area contributed by atoms with Crippen LogP contribution in [-0.2, 0) is 28.8 Å². The third-order valence-electron chi connectivity index (χ3n) is 5.61. The molecule has 15 nitrogen and oxygen atoms in total. The lowest BCUT2D eigenvalue weighted by atomic mass is 10.0. The van der Waals surface area contributed by atoms with E-state index in [1.165, 1.54) is 24.1 Å². The molecule has 5 amide bonds. The Morgan fingerprint density at radius 3 is 2.37 bits per heavy atom. The van der Waals surface area contributed by atoms with Crippen LogP contribution in [-0.4, -0.2) is 96.3 Å². The van der Waals surface area contributed by atoms with E-state index in [0.29, 0.717) is 6.42 Å². The van der Waals surface area contributed by atoms with E-state index in [0.717, 1.165) is 0 Å². The number of carboxylic acid groups (broad SMARTS) is 1. The van der Waals surface area contributed by atoms with Gasteiger partial charge in [-0.15, -0.1) is 0 Å². The number of aliphatic carboxylic acids is 1. The van der Waals surface area contributed by atoms with Crippen molar-refractivity contribution in [1.29, 1.82) is 0 Å². The molecule has 0 radical (unpaired) electrons. The van der Waals surface area contributed by atoms with Crippen LogP contribution in [0.5, 0.6) is 0 Å². The average Bonchev–Trinajstić information content (AvgIpc) is 2.83. The van der Waals surface area contributed by atoms with Gasteiger partial charge in [-0.05, 0) is 18.8 Å². The molecule has 0 saturated carbocycles. The van der Waals surface area contributed by atoms with E-state index in [4.69, 9.17) is 16.6 Å². The molecule has 0 aromatic rings. The summed E-state index contributed by atoms with van der Waals surface area (Å²) >= 11 is 0. The summed E-state index contributed by atoms with van der Waals surface area (Å²) in [6, 6.07) is -3.36. The minimum absolute atomic E-state index is 0.0222. The predicted molar refractivity (Wildman–Crippen MR) is 137 cm³/mol. The molecule has 38 heavy (non-hydrogen) atoms. The number of nitrogens with two attached hydrogens (primary N) is 2. The number of aliphatic imine (C=N–C) groups is 1. The van der Waals surface area contributed by atoms with Gasteiger partial charge in [0, 0.05) is 26.6 Å². The van der Waals surface area contributed by atoms with E-state index in [1.54, 1.807) is 13.8 Å². The van der Waals surface area contributed by atoms with Crippen molar-refractivity contribution in [2.75, 3.05) is 26.7 Å². The molecule has 0 unspecified atom stereocenters. The van der Waals surface area contributed by atoms with Crippen LogP contribution in [0, 0.1) is 5.92 Å². The molecule has 3 atom stereocenters. The zero-order valence-corrected chi connectivity index (χ0v) is 21.9. The first kappa shape index (κ1) is 31.9. The number of likely N-dealkylation sites (N-methyl/N-ethyl adjacent to an activating group) is 1. The second-order valence-electron chi connectivity index (χ2n) is 9.06. The fourth-order valence-electron chi connectivity index (χ4n) is 3.58. The fourth-order valence-corrected chi connectivity index (χ4v) is 3.58. The van der Waals surface area contributed by atoms with Crippen molar-refractivity contribution in [2.24, 2.45) is 22.4 Å². The summed E-state index contributed by atoms with van der Waals surface area (Å²) < 4.78 is 0. The lowest BCUT2D eigenvalue weighted by Gasteiger charge is -2.32.